The summed E-state index contributed by atoms with van der Waals surface area (Å²) in [5.41, 5.74) is 3.61. The Morgan fingerprint density at radius 3 is 2.56 bits per heavy atom. The van der Waals surface area contributed by atoms with Gasteiger partial charge in [-0.15, -0.1) is 0 Å². The van der Waals surface area contributed by atoms with Crippen molar-refractivity contribution in [3.8, 4) is 0 Å². The molecule has 3 nitrogen and oxygen atoms in total. The second-order valence-electron chi connectivity index (χ2n) is 7.52. The minimum atomic E-state index is -0.293. The van der Waals surface area contributed by atoms with E-state index in [1.54, 1.807) is 0 Å². The van der Waals surface area contributed by atoms with Crippen LogP contribution >= 0.6 is 11.6 Å². The van der Waals surface area contributed by atoms with Gasteiger partial charge in [0.05, 0.1) is 11.5 Å². The molecular formula is C21H21ClN2O. The first kappa shape index (κ1) is 15.3. The van der Waals surface area contributed by atoms with Crippen LogP contribution in [0.4, 0.5) is 5.69 Å². The van der Waals surface area contributed by atoms with E-state index in [2.05, 4.69) is 34.1 Å². The van der Waals surface area contributed by atoms with Gasteiger partial charge in [0.25, 0.3) is 0 Å². The van der Waals surface area contributed by atoms with E-state index in [-0.39, 0.29) is 5.41 Å². The number of anilines is 1. The molecule has 0 radical (unpaired) electrons. The molecule has 2 aromatic rings. The Bertz CT molecular complexity index is 828. The Labute approximate surface area is 153 Å². The van der Waals surface area contributed by atoms with Crippen LogP contribution in [0.25, 0.3) is 0 Å². The molecule has 1 saturated heterocycles. The number of halogens is 1. The molecule has 1 aliphatic carbocycles. The number of benzene rings is 2. The van der Waals surface area contributed by atoms with Gasteiger partial charge in [-0.05, 0) is 48.6 Å². The van der Waals surface area contributed by atoms with Crippen LogP contribution in [0.5, 0.6) is 0 Å². The van der Waals surface area contributed by atoms with Crippen molar-refractivity contribution < 1.29 is 4.79 Å². The van der Waals surface area contributed by atoms with Crippen molar-refractivity contribution in [1.82, 2.24) is 4.90 Å². The van der Waals surface area contributed by atoms with Crippen molar-refractivity contribution in [2.75, 3.05) is 24.5 Å². The summed E-state index contributed by atoms with van der Waals surface area (Å²) in [4.78, 5) is 17.9. The van der Waals surface area contributed by atoms with Crippen molar-refractivity contribution in [2.45, 2.75) is 30.7 Å². The van der Waals surface area contributed by atoms with Gasteiger partial charge in [-0.2, -0.15) is 0 Å². The molecule has 0 spiro atoms. The predicted molar refractivity (Wildman–Crippen MR) is 100 cm³/mol. The molecule has 0 bridgehead atoms. The van der Waals surface area contributed by atoms with E-state index in [4.69, 9.17) is 11.6 Å². The van der Waals surface area contributed by atoms with Gasteiger partial charge < -0.3 is 9.80 Å². The highest BCUT2D eigenvalue weighted by Crippen LogP contribution is 2.50. The molecule has 2 fully saturated rings. The molecular weight excluding hydrogens is 332 g/mol. The zero-order valence-corrected chi connectivity index (χ0v) is 14.9. The van der Waals surface area contributed by atoms with Gasteiger partial charge >= 0.3 is 0 Å². The molecule has 2 heterocycles. The third kappa shape index (κ3) is 2.36. The Hall–Kier alpha value is -2.00. The summed E-state index contributed by atoms with van der Waals surface area (Å²) in [6.07, 6.45) is 2.96. The van der Waals surface area contributed by atoms with Crippen molar-refractivity contribution in [1.29, 1.82) is 0 Å². The quantitative estimate of drug-likeness (QED) is 0.823. The number of carbonyl (C=O) groups is 1. The van der Waals surface area contributed by atoms with E-state index >= 15 is 0 Å². The lowest BCUT2D eigenvalue weighted by molar-refractivity contribution is -0.134. The molecule has 1 unspecified atom stereocenters. The van der Waals surface area contributed by atoms with E-state index in [9.17, 15) is 4.79 Å². The smallest absolute Gasteiger partial charge is 0.233 e. The van der Waals surface area contributed by atoms with Gasteiger partial charge in [-0.25, -0.2) is 0 Å². The van der Waals surface area contributed by atoms with Crippen LogP contribution < -0.4 is 4.90 Å². The van der Waals surface area contributed by atoms with Crippen molar-refractivity contribution in [3.05, 3.63) is 64.7 Å². The fourth-order valence-corrected chi connectivity index (χ4v) is 4.70. The molecule has 2 aliphatic heterocycles. The molecule has 2 aromatic carbocycles. The third-order valence-electron chi connectivity index (χ3n) is 6.08. The van der Waals surface area contributed by atoms with E-state index in [0.717, 1.165) is 49.5 Å². The van der Waals surface area contributed by atoms with Crippen LogP contribution in [-0.2, 0) is 16.6 Å². The zero-order valence-electron chi connectivity index (χ0n) is 14.1. The lowest BCUT2D eigenvalue weighted by Gasteiger charge is -2.40. The lowest BCUT2D eigenvalue weighted by atomic mass is 9.93. The summed E-state index contributed by atoms with van der Waals surface area (Å²) in [5.74, 6) is 0.311. The predicted octanol–water partition coefficient (Wildman–Crippen LogP) is 3.65. The average molecular weight is 353 g/mol. The van der Waals surface area contributed by atoms with E-state index in [0.29, 0.717) is 11.9 Å². The highest BCUT2D eigenvalue weighted by Gasteiger charge is 2.53. The SMILES string of the molecule is O=C(N1CCN2c3ccccc3CC2C1)C1(c2ccc(Cl)cc2)CC1. The minimum absolute atomic E-state index is 0.293. The molecule has 1 saturated carbocycles. The maximum absolute atomic E-state index is 13.3. The van der Waals surface area contributed by atoms with Crippen LogP contribution in [0, 0.1) is 0 Å². The minimum Gasteiger partial charge on any atom is -0.364 e. The molecule has 128 valence electrons. The highest BCUT2D eigenvalue weighted by atomic mass is 35.5. The number of carbonyl (C=O) groups excluding carboxylic acids is 1. The maximum atomic E-state index is 13.3. The molecule has 3 aliphatic rings. The largest absolute Gasteiger partial charge is 0.364 e. The van der Waals surface area contributed by atoms with Gasteiger partial charge in [0.1, 0.15) is 0 Å². The van der Waals surface area contributed by atoms with Crippen LogP contribution in [0.1, 0.15) is 24.0 Å². The van der Waals surface area contributed by atoms with Gasteiger partial charge in [-0.3, -0.25) is 4.79 Å². The number of hydrogen-bond acceptors (Lipinski definition) is 2. The standard InChI is InChI=1S/C21H21ClN2O/c22-17-7-5-16(6-8-17)21(9-10-21)20(25)23-11-12-24-18(14-23)13-15-3-1-2-4-19(15)24/h1-8,18H,9-14H2. The van der Waals surface area contributed by atoms with Crippen molar-refractivity contribution in [3.63, 3.8) is 0 Å². The van der Waals surface area contributed by atoms with Gasteiger partial charge in [-0.1, -0.05) is 41.9 Å². The molecule has 25 heavy (non-hydrogen) atoms. The van der Waals surface area contributed by atoms with E-state index < -0.39 is 0 Å². The van der Waals surface area contributed by atoms with Crippen LogP contribution in [-0.4, -0.2) is 36.5 Å². The molecule has 1 amide bonds. The van der Waals surface area contributed by atoms with Crippen LogP contribution in [0.3, 0.4) is 0 Å². The van der Waals surface area contributed by atoms with E-state index in [1.165, 1.54) is 11.3 Å². The highest BCUT2D eigenvalue weighted by molar-refractivity contribution is 6.30. The Morgan fingerprint density at radius 1 is 1.04 bits per heavy atom. The number of hydrogen-bond donors (Lipinski definition) is 0. The van der Waals surface area contributed by atoms with E-state index in [1.807, 2.05) is 24.3 Å². The summed E-state index contributed by atoms with van der Waals surface area (Å²) in [7, 11) is 0. The normalized spacial score (nSPS) is 23.2. The molecule has 1 atom stereocenters. The Kier molecular flexibility index (Phi) is 3.36. The molecule has 4 heteroatoms. The van der Waals surface area contributed by atoms with Gasteiger partial charge in [0.2, 0.25) is 5.91 Å². The number of nitrogens with zero attached hydrogens (tertiary/aromatic N) is 2. The fraction of sp³-hybridized carbons (Fsp3) is 0.381. The number of amides is 1. The first-order valence-electron chi connectivity index (χ1n) is 9.07. The summed E-state index contributed by atoms with van der Waals surface area (Å²) in [6.45, 7) is 2.59. The van der Waals surface area contributed by atoms with Gasteiger partial charge in [0, 0.05) is 30.3 Å². The Morgan fingerprint density at radius 2 is 1.80 bits per heavy atom. The zero-order chi connectivity index (χ0) is 17.0. The average Bonchev–Trinajstić information content (AvgIpc) is 3.36. The fourth-order valence-electron chi connectivity index (χ4n) is 4.57. The summed E-state index contributed by atoms with van der Waals surface area (Å²) >= 11 is 6.01. The number of fused-ring (bicyclic) bond motifs is 3. The molecule has 5 rings (SSSR count). The molecule has 0 N–H and O–H groups in total. The molecule has 0 aromatic heterocycles. The summed E-state index contributed by atoms with van der Waals surface area (Å²) in [6, 6.07) is 16.9. The first-order chi connectivity index (χ1) is 12.2. The summed E-state index contributed by atoms with van der Waals surface area (Å²) in [5, 5.41) is 0.726. The number of rotatable bonds is 2. The summed E-state index contributed by atoms with van der Waals surface area (Å²) < 4.78 is 0. The number of piperazine rings is 1. The maximum Gasteiger partial charge on any atom is 0.233 e. The lowest BCUT2D eigenvalue weighted by Crippen LogP contribution is -2.55. The first-order valence-corrected chi connectivity index (χ1v) is 9.45. The number of para-hydroxylation sites is 1. The van der Waals surface area contributed by atoms with Crippen molar-refractivity contribution in [2.24, 2.45) is 0 Å². The second-order valence-corrected chi connectivity index (χ2v) is 7.96. The van der Waals surface area contributed by atoms with Crippen molar-refractivity contribution >= 4 is 23.2 Å². The second kappa shape index (κ2) is 5.50. The topological polar surface area (TPSA) is 23.6 Å². The van der Waals surface area contributed by atoms with Crippen LogP contribution in [0.15, 0.2) is 48.5 Å². The monoisotopic (exact) mass is 352 g/mol. The third-order valence-corrected chi connectivity index (χ3v) is 6.33. The Balaban J connectivity index is 1.36. The van der Waals surface area contributed by atoms with Gasteiger partial charge in [0.15, 0.2) is 0 Å². The van der Waals surface area contributed by atoms with Crippen LogP contribution in [0.2, 0.25) is 5.02 Å².